The summed E-state index contributed by atoms with van der Waals surface area (Å²) < 4.78 is 28.3. The van der Waals surface area contributed by atoms with Gasteiger partial charge in [0, 0.05) is 18.0 Å². The number of fused-ring (bicyclic) bond motifs is 1. The van der Waals surface area contributed by atoms with Crippen molar-refractivity contribution in [1.82, 2.24) is 0 Å². The van der Waals surface area contributed by atoms with E-state index >= 15 is 0 Å². The molecule has 2 aromatic carbocycles. The third-order valence-corrected chi connectivity index (χ3v) is 3.70. The van der Waals surface area contributed by atoms with Gasteiger partial charge in [0.05, 0.1) is 15.7 Å². The minimum Gasteiger partial charge on any atom is -0.748 e. The maximum absolute atomic E-state index is 9.81. The highest BCUT2D eigenvalue weighted by Crippen LogP contribution is 2.32. The van der Waals surface area contributed by atoms with E-state index in [0.717, 1.165) is 26.5 Å². The van der Waals surface area contributed by atoms with Crippen LogP contribution in [0.5, 0.6) is 5.75 Å². The van der Waals surface area contributed by atoms with Crippen molar-refractivity contribution < 1.29 is 23.1 Å². The molecule has 0 bridgehead atoms. The van der Waals surface area contributed by atoms with Crippen molar-refractivity contribution in [2.24, 2.45) is 0 Å². The molecule has 0 aliphatic heterocycles. The summed E-state index contributed by atoms with van der Waals surface area (Å²) in [5, 5.41) is 10.7. The van der Waals surface area contributed by atoms with Crippen molar-refractivity contribution in [3.05, 3.63) is 42.5 Å². The third-order valence-electron chi connectivity index (χ3n) is 2.61. The number of rotatable bonds is 1. The summed E-state index contributed by atoms with van der Waals surface area (Å²) in [6, 6.07) is 13.0. The molecule has 4 N–H and O–H groups in total. The predicted molar refractivity (Wildman–Crippen MR) is 85.5 cm³/mol. The van der Waals surface area contributed by atoms with Gasteiger partial charge in [-0.15, -0.1) is 0 Å². The summed E-state index contributed by atoms with van der Waals surface area (Å²) in [7, 11) is -3.92. The first kappa shape index (κ1) is 16.2. The largest absolute Gasteiger partial charge is 0.748 e. The number of thiazole rings is 1. The maximum Gasteiger partial charge on any atom is 0.272 e. The highest BCUT2D eigenvalue weighted by Gasteiger charge is 2.15. The van der Waals surface area contributed by atoms with Crippen LogP contribution >= 0.6 is 11.3 Å². The molecular formula is C14H14N2O4S2. The van der Waals surface area contributed by atoms with E-state index in [1.165, 1.54) is 0 Å². The summed E-state index contributed by atoms with van der Waals surface area (Å²) in [5.74, 6) is 0.281. The second-order valence-corrected chi connectivity index (χ2v) is 6.99. The first-order valence-electron chi connectivity index (χ1n) is 6.14. The lowest BCUT2D eigenvalue weighted by Gasteiger charge is -1.94. The minimum atomic E-state index is -3.92. The molecule has 0 aliphatic carbocycles. The highest BCUT2D eigenvalue weighted by molar-refractivity contribution is 7.84. The Morgan fingerprint density at radius 2 is 1.86 bits per heavy atom. The number of aromatic hydroxyl groups is 1. The van der Waals surface area contributed by atoms with E-state index in [4.69, 9.17) is 18.7 Å². The fraction of sp³-hybridized carbons (Fsp3) is 0.0714. The molecule has 0 saturated carbocycles. The lowest BCUT2D eigenvalue weighted by molar-refractivity contribution is -0.325. The molecular weight excluding hydrogens is 324 g/mol. The first-order chi connectivity index (χ1) is 10.2. The van der Waals surface area contributed by atoms with Gasteiger partial charge in [0.15, 0.2) is 0 Å². The molecule has 0 atom stereocenters. The summed E-state index contributed by atoms with van der Waals surface area (Å²) in [5.41, 5.74) is 8.33. The van der Waals surface area contributed by atoms with Gasteiger partial charge in [-0.3, -0.25) is 0 Å². The Morgan fingerprint density at radius 1 is 1.23 bits per heavy atom. The van der Waals surface area contributed by atoms with Crippen molar-refractivity contribution in [3.63, 3.8) is 0 Å². The molecule has 8 heteroatoms. The van der Waals surface area contributed by atoms with Crippen LogP contribution in [0.1, 0.15) is 0 Å². The van der Waals surface area contributed by atoms with E-state index < -0.39 is 10.1 Å². The van der Waals surface area contributed by atoms with Gasteiger partial charge in [-0.05, 0) is 24.3 Å². The van der Waals surface area contributed by atoms with Crippen LogP contribution in [-0.2, 0) is 10.1 Å². The van der Waals surface area contributed by atoms with E-state index in [1.54, 1.807) is 17.4 Å². The Bertz CT molecular complexity index is 896. The lowest BCUT2D eigenvalue weighted by Crippen LogP contribution is -2.00. The van der Waals surface area contributed by atoms with Gasteiger partial charge in [-0.25, -0.2) is 8.42 Å². The second kappa shape index (κ2) is 6.30. The normalized spacial score (nSPS) is 11.0. The number of nitrogen functional groups attached to an aromatic ring is 1. The number of para-hydroxylation sites is 1. The number of aromatic amines is 1. The quantitative estimate of drug-likeness (QED) is 0.518. The average molecular weight is 338 g/mol. The van der Waals surface area contributed by atoms with Gasteiger partial charge in [0.25, 0.3) is 5.01 Å². The number of nitrogens with two attached hydrogens (primary N) is 1. The van der Waals surface area contributed by atoms with Gasteiger partial charge < -0.3 is 15.4 Å². The number of phenols is 1. The van der Waals surface area contributed by atoms with Gasteiger partial charge in [-0.2, -0.15) is 4.98 Å². The number of phenolic OH excluding ortho intramolecular Hbond substituents is 1. The topological polar surface area (TPSA) is 118 Å². The maximum atomic E-state index is 9.81. The number of anilines is 1. The monoisotopic (exact) mass is 338 g/mol. The van der Waals surface area contributed by atoms with Crippen LogP contribution in [0.2, 0.25) is 0 Å². The molecule has 6 nitrogen and oxygen atoms in total. The van der Waals surface area contributed by atoms with E-state index in [1.807, 2.05) is 36.4 Å². The molecule has 1 heterocycles. The number of benzene rings is 2. The molecule has 0 unspecified atom stereocenters. The summed E-state index contributed by atoms with van der Waals surface area (Å²) in [6.07, 6.45) is 0.604. The van der Waals surface area contributed by atoms with Crippen molar-refractivity contribution in [1.29, 1.82) is 0 Å². The van der Waals surface area contributed by atoms with Crippen LogP contribution < -0.4 is 10.7 Å². The number of H-pyrrole nitrogens is 1. The second-order valence-electron chi connectivity index (χ2n) is 4.53. The SMILES string of the molecule is CS(=O)(=O)[O-].Nc1ccc2[nH+]c(-c3ccccc3O)sc2c1. The summed E-state index contributed by atoms with van der Waals surface area (Å²) in [6.45, 7) is 0. The molecule has 3 rings (SSSR count). The Morgan fingerprint density at radius 3 is 2.50 bits per heavy atom. The zero-order chi connectivity index (χ0) is 16.3. The molecule has 0 spiro atoms. The van der Waals surface area contributed by atoms with Crippen LogP contribution in [0.4, 0.5) is 5.69 Å². The molecule has 0 fully saturated rings. The van der Waals surface area contributed by atoms with Crippen LogP contribution in [0.3, 0.4) is 0 Å². The standard InChI is InChI=1S/C13H10N2OS.CH4O3S/c14-8-5-6-10-12(7-8)17-13(15-10)9-3-1-2-4-11(9)16;1-5(2,3)4/h1-7,16H,14H2;1H3,(H,2,3,4). The van der Waals surface area contributed by atoms with Crippen LogP contribution in [-0.4, -0.2) is 24.3 Å². The van der Waals surface area contributed by atoms with Crippen molar-refractivity contribution in [2.75, 3.05) is 12.0 Å². The van der Waals surface area contributed by atoms with Gasteiger partial charge in [0.1, 0.15) is 10.4 Å². The Hall–Kier alpha value is -2.16. The molecule has 1 aromatic heterocycles. The molecule has 22 heavy (non-hydrogen) atoms. The van der Waals surface area contributed by atoms with E-state index in [-0.39, 0.29) is 5.75 Å². The molecule has 0 amide bonds. The Balaban J connectivity index is 0.000000309. The number of nitrogens with one attached hydrogen (secondary N) is 1. The Labute approximate surface area is 131 Å². The number of aromatic nitrogens is 1. The summed E-state index contributed by atoms with van der Waals surface area (Å²) in [4.78, 5) is 3.28. The molecule has 116 valence electrons. The highest BCUT2D eigenvalue weighted by atomic mass is 32.2. The predicted octanol–water partition coefficient (Wildman–Crippen LogP) is 1.83. The van der Waals surface area contributed by atoms with Crippen molar-refractivity contribution in [2.45, 2.75) is 0 Å². The lowest BCUT2D eigenvalue weighted by atomic mass is 10.2. The first-order valence-corrected chi connectivity index (χ1v) is 8.78. The van der Waals surface area contributed by atoms with Crippen LogP contribution in [0.15, 0.2) is 42.5 Å². The average Bonchev–Trinajstić information content (AvgIpc) is 2.80. The number of hydrogen-bond donors (Lipinski definition) is 2. The fourth-order valence-corrected chi connectivity index (χ4v) is 2.86. The van der Waals surface area contributed by atoms with Crippen LogP contribution in [0.25, 0.3) is 20.8 Å². The molecule has 3 aromatic rings. The fourth-order valence-electron chi connectivity index (χ4n) is 1.77. The Kier molecular flexibility index (Phi) is 4.65. The summed E-state index contributed by atoms with van der Waals surface area (Å²) >= 11 is 1.58. The van der Waals surface area contributed by atoms with E-state index in [0.29, 0.717) is 6.26 Å². The van der Waals surface area contributed by atoms with Crippen molar-refractivity contribution >= 4 is 37.4 Å². The van der Waals surface area contributed by atoms with Crippen LogP contribution in [0, 0.1) is 0 Å². The molecule has 0 radical (unpaired) electrons. The molecule has 0 saturated heterocycles. The third kappa shape index (κ3) is 4.42. The zero-order valence-corrected chi connectivity index (χ0v) is 13.2. The smallest absolute Gasteiger partial charge is 0.272 e. The van der Waals surface area contributed by atoms with Gasteiger partial charge in [-0.1, -0.05) is 23.5 Å². The van der Waals surface area contributed by atoms with Gasteiger partial charge in [0.2, 0.25) is 5.52 Å². The minimum absolute atomic E-state index is 0.281. The zero-order valence-electron chi connectivity index (χ0n) is 11.6. The van der Waals surface area contributed by atoms with E-state index in [9.17, 15) is 5.11 Å². The number of hydrogen-bond acceptors (Lipinski definition) is 6. The van der Waals surface area contributed by atoms with Gasteiger partial charge >= 0.3 is 0 Å². The van der Waals surface area contributed by atoms with E-state index in [2.05, 4.69) is 4.98 Å². The van der Waals surface area contributed by atoms with Crippen molar-refractivity contribution in [3.8, 4) is 16.3 Å². The molecule has 0 aliphatic rings.